The molecule has 0 radical (unpaired) electrons. The van der Waals surface area contributed by atoms with Crippen molar-refractivity contribution >= 4 is 0 Å². The van der Waals surface area contributed by atoms with E-state index in [4.69, 9.17) is 4.74 Å². The molecule has 1 N–H and O–H groups in total. The highest BCUT2D eigenvalue weighted by Crippen LogP contribution is 2.57. The molecule has 0 saturated heterocycles. The molecule has 1 aromatic carbocycles. The van der Waals surface area contributed by atoms with Gasteiger partial charge >= 0.3 is 0 Å². The molecule has 1 aromatic rings. The lowest BCUT2D eigenvalue weighted by Gasteiger charge is -2.45. The number of aliphatic hydroxyl groups is 1. The molecule has 4 rings (SSSR count). The molecule has 3 atom stereocenters. The standard InChI is InChI=1S/C21H26O2/c1-4-21-10-9-20(2)13-15(22)12-19(20)18(21)7-5-14-11-16(23-3)6-8-17(14)21/h6,8-11,15,22H,4-5,7,12-13H2,1-3H3/t15-,20-,21?/m1/s1. The van der Waals surface area contributed by atoms with E-state index in [1.807, 2.05) is 0 Å². The molecule has 3 aliphatic carbocycles. The summed E-state index contributed by atoms with van der Waals surface area (Å²) in [5.41, 5.74) is 6.04. The van der Waals surface area contributed by atoms with Crippen LogP contribution < -0.4 is 4.74 Å². The fourth-order valence-electron chi connectivity index (χ4n) is 5.23. The topological polar surface area (TPSA) is 29.5 Å². The van der Waals surface area contributed by atoms with Crippen LogP contribution >= 0.6 is 0 Å². The summed E-state index contributed by atoms with van der Waals surface area (Å²) >= 11 is 0. The predicted molar refractivity (Wildman–Crippen MR) is 92.8 cm³/mol. The molecule has 0 heterocycles. The van der Waals surface area contributed by atoms with Gasteiger partial charge in [0.25, 0.3) is 0 Å². The lowest BCUT2D eigenvalue weighted by molar-refractivity contribution is 0.172. The Hall–Kier alpha value is -1.54. The molecule has 0 bridgehead atoms. The molecule has 0 amide bonds. The first kappa shape index (κ1) is 15.0. The summed E-state index contributed by atoms with van der Waals surface area (Å²) < 4.78 is 5.42. The Labute approximate surface area is 138 Å². The fraction of sp³-hybridized carbons (Fsp3) is 0.524. The van der Waals surface area contributed by atoms with Crippen LogP contribution in [0.2, 0.25) is 0 Å². The van der Waals surface area contributed by atoms with Gasteiger partial charge in [0.2, 0.25) is 0 Å². The number of ether oxygens (including phenoxy) is 1. The molecule has 3 aliphatic rings. The average Bonchev–Trinajstić information content (AvgIpc) is 2.87. The summed E-state index contributed by atoms with van der Waals surface area (Å²) in [7, 11) is 1.74. The van der Waals surface area contributed by atoms with Gasteiger partial charge in [-0.15, -0.1) is 0 Å². The Kier molecular flexibility index (Phi) is 3.25. The fourth-order valence-corrected chi connectivity index (χ4v) is 5.23. The molecule has 122 valence electrons. The van der Waals surface area contributed by atoms with Crippen molar-refractivity contribution < 1.29 is 9.84 Å². The first-order chi connectivity index (χ1) is 11.0. The number of benzene rings is 1. The lowest BCUT2D eigenvalue weighted by atomic mass is 9.58. The molecule has 0 aliphatic heterocycles. The van der Waals surface area contributed by atoms with Crippen LogP contribution in [0.25, 0.3) is 0 Å². The highest BCUT2D eigenvalue weighted by molar-refractivity contribution is 5.57. The van der Waals surface area contributed by atoms with Gasteiger partial charge < -0.3 is 9.84 Å². The van der Waals surface area contributed by atoms with Gasteiger partial charge in [0.15, 0.2) is 0 Å². The number of rotatable bonds is 2. The van der Waals surface area contributed by atoms with Crippen molar-refractivity contribution in [2.75, 3.05) is 7.11 Å². The van der Waals surface area contributed by atoms with Crippen LogP contribution in [-0.4, -0.2) is 18.3 Å². The van der Waals surface area contributed by atoms with Gasteiger partial charge in [-0.3, -0.25) is 0 Å². The lowest BCUT2D eigenvalue weighted by Crippen LogP contribution is -2.36. The van der Waals surface area contributed by atoms with Crippen molar-refractivity contribution in [2.24, 2.45) is 5.41 Å². The Balaban J connectivity index is 1.91. The van der Waals surface area contributed by atoms with E-state index in [9.17, 15) is 5.11 Å². The van der Waals surface area contributed by atoms with E-state index in [1.54, 1.807) is 12.7 Å². The third kappa shape index (κ3) is 1.97. The molecule has 2 heteroatoms. The zero-order chi connectivity index (χ0) is 16.2. The third-order valence-electron chi connectivity index (χ3n) is 6.42. The highest BCUT2D eigenvalue weighted by atomic mass is 16.5. The van der Waals surface area contributed by atoms with E-state index in [2.05, 4.69) is 44.2 Å². The van der Waals surface area contributed by atoms with E-state index >= 15 is 0 Å². The van der Waals surface area contributed by atoms with Crippen molar-refractivity contribution in [1.82, 2.24) is 0 Å². The number of methoxy groups -OCH3 is 1. The maximum absolute atomic E-state index is 10.3. The smallest absolute Gasteiger partial charge is 0.119 e. The minimum Gasteiger partial charge on any atom is -0.497 e. The van der Waals surface area contributed by atoms with Crippen molar-refractivity contribution in [1.29, 1.82) is 0 Å². The second-order valence-electron chi connectivity index (χ2n) is 7.62. The first-order valence-corrected chi connectivity index (χ1v) is 8.81. The SMILES string of the molecule is CCC12C=C[C@]3(C)C[C@H](O)CC3=C1CCc1cc(OC)ccc12. The molecule has 0 aromatic heterocycles. The number of fused-ring (bicyclic) bond motifs is 4. The van der Waals surface area contributed by atoms with E-state index in [1.165, 1.54) is 16.7 Å². The molecule has 1 unspecified atom stereocenters. The number of aryl methyl sites for hydroxylation is 1. The molecular formula is C21H26O2. The Morgan fingerprint density at radius 2 is 2.04 bits per heavy atom. The van der Waals surface area contributed by atoms with Crippen LogP contribution in [0.4, 0.5) is 0 Å². The molecule has 0 spiro atoms. The van der Waals surface area contributed by atoms with Crippen molar-refractivity contribution in [3.8, 4) is 5.75 Å². The average molecular weight is 310 g/mol. The van der Waals surface area contributed by atoms with Gasteiger partial charge in [-0.2, -0.15) is 0 Å². The Bertz CT molecular complexity index is 715. The number of hydrogen-bond donors (Lipinski definition) is 1. The second-order valence-corrected chi connectivity index (χ2v) is 7.62. The van der Waals surface area contributed by atoms with Crippen LogP contribution in [0, 0.1) is 5.41 Å². The van der Waals surface area contributed by atoms with Gasteiger partial charge in [-0.05, 0) is 55.4 Å². The zero-order valence-corrected chi connectivity index (χ0v) is 14.4. The van der Waals surface area contributed by atoms with E-state index < -0.39 is 0 Å². The van der Waals surface area contributed by atoms with Crippen LogP contribution in [0.1, 0.15) is 50.7 Å². The Morgan fingerprint density at radius 1 is 1.22 bits per heavy atom. The van der Waals surface area contributed by atoms with Gasteiger partial charge in [0, 0.05) is 10.8 Å². The summed E-state index contributed by atoms with van der Waals surface area (Å²) in [6.07, 6.45) is 9.62. The predicted octanol–water partition coefficient (Wildman–Crippen LogP) is 4.32. The molecule has 23 heavy (non-hydrogen) atoms. The highest BCUT2D eigenvalue weighted by Gasteiger charge is 2.48. The van der Waals surface area contributed by atoms with E-state index in [0.717, 1.165) is 37.9 Å². The molecule has 1 saturated carbocycles. The summed E-state index contributed by atoms with van der Waals surface area (Å²) in [6.45, 7) is 4.59. The number of allylic oxidation sites excluding steroid dienone is 3. The zero-order valence-electron chi connectivity index (χ0n) is 14.4. The summed E-state index contributed by atoms with van der Waals surface area (Å²) in [5.74, 6) is 0.951. The molecule has 2 nitrogen and oxygen atoms in total. The van der Waals surface area contributed by atoms with Gasteiger partial charge in [-0.1, -0.05) is 43.2 Å². The minimum atomic E-state index is -0.183. The Morgan fingerprint density at radius 3 is 2.78 bits per heavy atom. The van der Waals surface area contributed by atoms with Crippen LogP contribution in [0.15, 0.2) is 41.5 Å². The molecular weight excluding hydrogens is 284 g/mol. The monoisotopic (exact) mass is 310 g/mol. The first-order valence-electron chi connectivity index (χ1n) is 8.81. The number of aliphatic hydroxyl groups excluding tert-OH is 1. The summed E-state index contributed by atoms with van der Waals surface area (Å²) in [4.78, 5) is 0. The van der Waals surface area contributed by atoms with Crippen molar-refractivity contribution in [3.63, 3.8) is 0 Å². The van der Waals surface area contributed by atoms with E-state index in [0.29, 0.717) is 0 Å². The number of hydrogen-bond acceptors (Lipinski definition) is 2. The van der Waals surface area contributed by atoms with E-state index in [-0.39, 0.29) is 16.9 Å². The minimum absolute atomic E-state index is 0.0265. The van der Waals surface area contributed by atoms with Gasteiger partial charge in [-0.25, -0.2) is 0 Å². The second kappa shape index (κ2) is 4.98. The maximum atomic E-state index is 10.3. The van der Waals surface area contributed by atoms with Crippen LogP contribution in [0.5, 0.6) is 5.75 Å². The van der Waals surface area contributed by atoms with Gasteiger partial charge in [0.05, 0.1) is 13.2 Å². The van der Waals surface area contributed by atoms with Gasteiger partial charge in [0.1, 0.15) is 5.75 Å². The largest absolute Gasteiger partial charge is 0.497 e. The normalized spacial score (nSPS) is 34.9. The van der Waals surface area contributed by atoms with Crippen LogP contribution in [-0.2, 0) is 11.8 Å². The summed E-state index contributed by atoms with van der Waals surface area (Å²) in [5, 5.41) is 10.3. The van der Waals surface area contributed by atoms with Crippen LogP contribution in [0.3, 0.4) is 0 Å². The third-order valence-corrected chi connectivity index (χ3v) is 6.42. The molecule has 1 fully saturated rings. The quantitative estimate of drug-likeness (QED) is 0.825. The maximum Gasteiger partial charge on any atom is 0.119 e. The van der Waals surface area contributed by atoms with Crippen molar-refractivity contribution in [3.05, 3.63) is 52.6 Å². The summed E-state index contributed by atoms with van der Waals surface area (Å²) in [6, 6.07) is 6.56. The van der Waals surface area contributed by atoms with Crippen molar-refractivity contribution in [2.45, 2.75) is 57.5 Å².